The van der Waals surface area contributed by atoms with Crippen molar-refractivity contribution in [3.63, 3.8) is 0 Å². The van der Waals surface area contributed by atoms with Crippen molar-refractivity contribution in [1.82, 2.24) is 5.32 Å². The molecular weight excluding hydrogens is 285 g/mol. The molecule has 0 radical (unpaired) electrons. The number of carbonyl (C=O) groups is 2. The van der Waals surface area contributed by atoms with Crippen LogP contribution in [0.25, 0.3) is 0 Å². The standard InChI is InChI=1S/C14H15F3N2O2/c1-3-13(4-2)11(20)19(12(21)18-13)10-7-5-6-9(8-10)14(15,16)17/h5-8H,3-4H2,1-2H3,(H,18,21). The molecule has 3 amide bonds. The van der Waals surface area contributed by atoms with E-state index in [1.54, 1.807) is 13.8 Å². The number of hydrogen-bond donors (Lipinski definition) is 1. The Kier molecular flexibility index (Phi) is 3.69. The van der Waals surface area contributed by atoms with E-state index in [-0.39, 0.29) is 5.69 Å². The molecule has 4 nitrogen and oxygen atoms in total. The largest absolute Gasteiger partial charge is 0.416 e. The van der Waals surface area contributed by atoms with E-state index in [9.17, 15) is 22.8 Å². The molecule has 1 heterocycles. The van der Waals surface area contributed by atoms with Crippen LogP contribution in [0.1, 0.15) is 32.3 Å². The maximum Gasteiger partial charge on any atom is 0.416 e. The molecule has 1 aliphatic rings. The van der Waals surface area contributed by atoms with Gasteiger partial charge in [0, 0.05) is 0 Å². The van der Waals surface area contributed by atoms with E-state index >= 15 is 0 Å². The third kappa shape index (κ3) is 2.48. The van der Waals surface area contributed by atoms with Gasteiger partial charge < -0.3 is 5.32 Å². The third-order valence-corrected chi connectivity index (χ3v) is 3.80. The van der Waals surface area contributed by atoms with Crippen LogP contribution in [0.15, 0.2) is 24.3 Å². The number of alkyl halides is 3. The summed E-state index contributed by atoms with van der Waals surface area (Å²) in [7, 11) is 0. The predicted octanol–water partition coefficient (Wildman–Crippen LogP) is 3.32. The van der Waals surface area contributed by atoms with Gasteiger partial charge in [-0.25, -0.2) is 9.69 Å². The van der Waals surface area contributed by atoms with Gasteiger partial charge in [0.1, 0.15) is 5.54 Å². The van der Waals surface area contributed by atoms with E-state index in [1.807, 2.05) is 0 Å². The van der Waals surface area contributed by atoms with E-state index in [4.69, 9.17) is 0 Å². The average molecular weight is 300 g/mol. The van der Waals surface area contributed by atoms with Crippen LogP contribution in [0.3, 0.4) is 0 Å². The second-order valence-corrected chi connectivity index (χ2v) is 4.91. The molecule has 1 fully saturated rings. The molecule has 1 saturated heterocycles. The molecule has 0 saturated carbocycles. The zero-order valence-electron chi connectivity index (χ0n) is 11.6. The minimum Gasteiger partial charge on any atom is -0.323 e. The number of halogens is 3. The Balaban J connectivity index is 2.43. The van der Waals surface area contributed by atoms with Crippen LogP contribution in [0.4, 0.5) is 23.7 Å². The summed E-state index contributed by atoms with van der Waals surface area (Å²) in [6, 6.07) is 3.50. The first-order chi connectivity index (χ1) is 9.75. The van der Waals surface area contributed by atoms with E-state index in [0.717, 1.165) is 17.0 Å². The number of rotatable bonds is 3. The molecule has 114 valence electrons. The molecular formula is C14H15F3N2O2. The van der Waals surface area contributed by atoms with Crippen molar-refractivity contribution in [2.45, 2.75) is 38.4 Å². The van der Waals surface area contributed by atoms with Crippen LogP contribution in [-0.4, -0.2) is 17.5 Å². The fourth-order valence-electron chi connectivity index (χ4n) is 2.41. The normalized spacial score (nSPS) is 18.0. The Morgan fingerprint density at radius 2 is 1.81 bits per heavy atom. The molecule has 0 aromatic heterocycles. The molecule has 0 spiro atoms. The summed E-state index contributed by atoms with van der Waals surface area (Å²) in [6.45, 7) is 3.49. The monoisotopic (exact) mass is 300 g/mol. The highest BCUT2D eigenvalue weighted by Crippen LogP contribution is 2.34. The van der Waals surface area contributed by atoms with Crippen molar-refractivity contribution in [3.8, 4) is 0 Å². The first kappa shape index (κ1) is 15.3. The van der Waals surface area contributed by atoms with Crippen molar-refractivity contribution in [1.29, 1.82) is 0 Å². The summed E-state index contributed by atoms with van der Waals surface area (Å²) >= 11 is 0. The van der Waals surface area contributed by atoms with Crippen molar-refractivity contribution in [2.75, 3.05) is 4.90 Å². The van der Waals surface area contributed by atoms with Crippen molar-refractivity contribution in [3.05, 3.63) is 29.8 Å². The summed E-state index contributed by atoms with van der Waals surface area (Å²) in [6.07, 6.45) is -3.77. The fourth-order valence-corrected chi connectivity index (χ4v) is 2.41. The van der Waals surface area contributed by atoms with E-state index in [2.05, 4.69) is 5.32 Å². The molecule has 7 heteroatoms. The lowest BCUT2D eigenvalue weighted by Crippen LogP contribution is -2.45. The van der Waals surface area contributed by atoms with E-state index in [0.29, 0.717) is 12.8 Å². The highest BCUT2D eigenvalue weighted by molar-refractivity contribution is 6.23. The number of benzene rings is 1. The van der Waals surface area contributed by atoms with Crippen LogP contribution in [0.5, 0.6) is 0 Å². The molecule has 1 aromatic rings. The Hall–Kier alpha value is -2.05. The zero-order valence-corrected chi connectivity index (χ0v) is 11.6. The van der Waals surface area contributed by atoms with Gasteiger partial charge in [-0.2, -0.15) is 13.2 Å². The van der Waals surface area contributed by atoms with Crippen molar-refractivity contribution in [2.24, 2.45) is 0 Å². The fraction of sp³-hybridized carbons (Fsp3) is 0.429. The molecule has 0 unspecified atom stereocenters. The number of nitrogens with zero attached hydrogens (tertiary/aromatic N) is 1. The van der Waals surface area contributed by atoms with Gasteiger partial charge in [-0.05, 0) is 31.0 Å². The summed E-state index contributed by atoms with van der Waals surface area (Å²) in [5.74, 6) is -0.517. The lowest BCUT2D eigenvalue weighted by molar-refractivity contribution is -0.137. The molecule has 1 aromatic carbocycles. The van der Waals surface area contributed by atoms with Crippen LogP contribution >= 0.6 is 0 Å². The summed E-state index contributed by atoms with van der Waals surface area (Å²) in [4.78, 5) is 25.2. The number of nitrogens with one attached hydrogen (secondary N) is 1. The number of anilines is 1. The Bertz CT molecular complexity index is 580. The quantitative estimate of drug-likeness (QED) is 0.871. The zero-order chi connectivity index (χ0) is 15.8. The van der Waals surface area contributed by atoms with Crippen molar-refractivity contribution < 1.29 is 22.8 Å². The Morgan fingerprint density at radius 1 is 1.19 bits per heavy atom. The highest BCUT2D eigenvalue weighted by Gasteiger charge is 2.49. The summed E-state index contributed by atoms with van der Waals surface area (Å²) in [5.41, 5.74) is -2.01. The van der Waals surface area contributed by atoms with Gasteiger partial charge in [0.25, 0.3) is 5.91 Å². The lowest BCUT2D eigenvalue weighted by atomic mass is 9.93. The number of hydrogen-bond acceptors (Lipinski definition) is 2. The second kappa shape index (κ2) is 5.05. The SMILES string of the molecule is CCC1(CC)NC(=O)N(c2cccc(C(F)(F)F)c2)C1=O. The van der Waals surface area contributed by atoms with Crippen LogP contribution in [0, 0.1) is 0 Å². The number of imide groups is 1. The number of amides is 3. The Morgan fingerprint density at radius 3 is 2.29 bits per heavy atom. The van der Waals surface area contributed by atoms with Crippen LogP contribution in [-0.2, 0) is 11.0 Å². The highest BCUT2D eigenvalue weighted by atomic mass is 19.4. The summed E-state index contributed by atoms with van der Waals surface area (Å²) in [5, 5.41) is 2.58. The molecule has 1 aliphatic heterocycles. The topological polar surface area (TPSA) is 49.4 Å². The lowest BCUT2D eigenvalue weighted by Gasteiger charge is -2.23. The van der Waals surface area contributed by atoms with Gasteiger partial charge in [0.15, 0.2) is 0 Å². The number of carbonyl (C=O) groups excluding carboxylic acids is 2. The van der Waals surface area contributed by atoms with Crippen molar-refractivity contribution >= 4 is 17.6 Å². The molecule has 21 heavy (non-hydrogen) atoms. The smallest absolute Gasteiger partial charge is 0.323 e. The van der Waals surface area contributed by atoms with E-state index < -0.39 is 29.2 Å². The minimum absolute atomic E-state index is 0.0731. The second-order valence-electron chi connectivity index (χ2n) is 4.91. The van der Waals surface area contributed by atoms with Gasteiger partial charge in [-0.1, -0.05) is 19.9 Å². The van der Waals surface area contributed by atoms with Gasteiger partial charge in [0.2, 0.25) is 0 Å². The van der Waals surface area contributed by atoms with Gasteiger partial charge in [-0.3, -0.25) is 4.79 Å². The molecule has 1 N–H and O–H groups in total. The maximum absolute atomic E-state index is 12.7. The van der Waals surface area contributed by atoms with Crippen LogP contribution < -0.4 is 10.2 Å². The van der Waals surface area contributed by atoms with Gasteiger partial charge >= 0.3 is 12.2 Å². The van der Waals surface area contributed by atoms with Crippen LogP contribution in [0.2, 0.25) is 0 Å². The number of urea groups is 1. The van der Waals surface area contributed by atoms with Gasteiger partial charge in [0.05, 0.1) is 11.3 Å². The minimum atomic E-state index is -4.53. The maximum atomic E-state index is 12.7. The molecule has 2 rings (SSSR count). The van der Waals surface area contributed by atoms with Gasteiger partial charge in [-0.15, -0.1) is 0 Å². The molecule has 0 atom stereocenters. The first-order valence-electron chi connectivity index (χ1n) is 6.59. The average Bonchev–Trinajstić information content (AvgIpc) is 2.69. The predicted molar refractivity (Wildman–Crippen MR) is 70.8 cm³/mol. The molecule has 0 bridgehead atoms. The Labute approximate surface area is 119 Å². The molecule has 0 aliphatic carbocycles. The van der Waals surface area contributed by atoms with E-state index in [1.165, 1.54) is 12.1 Å². The first-order valence-corrected chi connectivity index (χ1v) is 6.59. The third-order valence-electron chi connectivity index (χ3n) is 3.80. The summed E-state index contributed by atoms with van der Waals surface area (Å²) < 4.78 is 38.2.